The first-order valence-corrected chi connectivity index (χ1v) is 7.41. The molecule has 0 aliphatic carbocycles. The molecule has 1 aromatic carbocycles. The number of halogens is 3. The third kappa shape index (κ3) is 3.01. The first-order valence-electron chi connectivity index (χ1n) is 7.41. The van der Waals surface area contributed by atoms with Gasteiger partial charge in [0.2, 0.25) is 0 Å². The normalized spacial score (nSPS) is 21.3. The van der Waals surface area contributed by atoms with Crippen LogP contribution in [0.4, 0.5) is 13.2 Å². The van der Waals surface area contributed by atoms with Crippen molar-refractivity contribution >= 4 is 5.91 Å². The van der Waals surface area contributed by atoms with Crippen molar-refractivity contribution in [2.45, 2.75) is 24.7 Å². The zero-order valence-corrected chi connectivity index (χ0v) is 12.9. The first-order chi connectivity index (χ1) is 11.3. The number of amides is 1. The zero-order valence-electron chi connectivity index (χ0n) is 12.9. The lowest BCUT2D eigenvalue weighted by molar-refractivity contribution is -0.137. The molecular formula is C16H16F3N3O2. The van der Waals surface area contributed by atoms with Crippen LogP contribution in [0.3, 0.4) is 0 Å². The first kappa shape index (κ1) is 16.5. The van der Waals surface area contributed by atoms with E-state index in [-0.39, 0.29) is 18.9 Å². The maximum absolute atomic E-state index is 12.9. The Morgan fingerprint density at radius 2 is 2.08 bits per heavy atom. The predicted octanol–water partition coefficient (Wildman–Crippen LogP) is 2.39. The van der Waals surface area contributed by atoms with E-state index in [4.69, 9.17) is 0 Å². The molecule has 1 amide bonds. The molecule has 0 unspecified atom stereocenters. The Balaban J connectivity index is 1.94. The average Bonchev–Trinajstić information content (AvgIpc) is 3.12. The minimum atomic E-state index is -4.45. The summed E-state index contributed by atoms with van der Waals surface area (Å²) in [6.45, 7) is 0.0743. The van der Waals surface area contributed by atoms with Crippen LogP contribution in [0.2, 0.25) is 0 Å². The van der Waals surface area contributed by atoms with E-state index in [9.17, 15) is 23.1 Å². The van der Waals surface area contributed by atoms with E-state index in [1.807, 2.05) is 0 Å². The van der Waals surface area contributed by atoms with Crippen molar-refractivity contribution in [3.05, 3.63) is 53.3 Å². The Kier molecular flexibility index (Phi) is 4.08. The number of likely N-dealkylation sites (tertiary alicyclic amines) is 1. The number of benzene rings is 1. The third-order valence-corrected chi connectivity index (χ3v) is 4.18. The van der Waals surface area contributed by atoms with Crippen molar-refractivity contribution in [2.24, 2.45) is 7.05 Å². The Labute approximate surface area is 136 Å². The van der Waals surface area contributed by atoms with Gasteiger partial charge in [0.1, 0.15) is 5.69 Å². The van der Waals surface area contributed by atoms with Crippen molar-refractivity contribution in [2.75, 3.05) is 6.54 Å². The molecule has 5 nitrogen and oxygen atoms in total. The number of aliphatic hydroxyl groups excluding tert-OH is 1. The Bertz CT molecular complexity index is 757. The Hall–Kier alpha value is -2.35. The number of rotatable bonds is 2. The van der Waals surface area contributed by atoms with Gasteiger partial charge in [-0.2, -0.15) is 18.3 Å². The smallest absolute Gasteiger partial charge is 0.391 e. The highest BCUT2D eigenvalue weighted by Crippen LogP contribution is 2.36. The van der Waals surface area contributed by atoms with Crippen LogP contribution in [0, 0.1) is 0 Å². The monoisotopic (exact) mass is 339 g/mol. The molecule has 3 rings (SSSR count). The van der Waals surface area contributed by atoms with Crippen LogP contribution in [0.1, 0.15) is 34.1 Å². The van der Waals surface area contributed by atoms with Gasteiger partial charge in [0.25, 0.3) is 5.91 Å². The molecule has 0 spiro atoms. The SMILES string of the molecule is Cn1nccc1C(=O)N1C[C@@H](O)C[C@@H]1c1cccc(C(F)(F)F)c1. The van der Waals surface area contributed by atoms with Crippen LogP contribution in [0.25, 0.3) is 0 Å². The summed E-state index contributed by atoms with van der Waals surface area (Å²) >= 11 is 0. The number of nitrogens with zero attached hydrogens (tertiary/aromatic N) is 3. The van der Waals surface area contributed by atoms with Gasteiger partial charge in [-0.05, 0) is 30.2 Å². The minimum Gasteiger partial charge on any atom is -0.391 e. The summed E-state index contributed by atoms with van der Waals surface area (Å²) in [6.07, 6.45) is -3.56. The highest BCUT2D eigenvalue weighted by Gasteiger charge is 2.38. The lowest BCUT2D eigenvalue weighted by Gasteiger charge is -2.25. The Morgan fingerprint density at radius 1 is 1.33 bits per heavy atom. The molecule has 1 aliphatic rings. The molecule has 0 saturated carbocycles. The average molecular weight is 339 g/mol. The highest BCUT2D eigenvalue weighted by molar-refractivity contribution is 5.93. The van der Waals surface area contributed by atoms with Gasteiger partial charge >= 0.3 is 6.18 Å². The number of aryl methyl sites for hydroxylation is 1. The van der Waals surface area contributed by atoms with E-state index < -0.39 is 23.9 Å². The maximum atomic E-state index is 12.9. The number of hydrogen-bond acceptors (Lipinski definition) is 3. The number of β-amino-alcohol motifs (C(OH)–C–C–N with tert-alkyl or cyclic N) is 1. The fourth-order valence-corrected chi connectivity index (χ4v) is 3.01. The van der Waals surface area contributed by atoms with Gasteiger partial charge in [-0.15, -0.1) is 0 Å². The summed E-state index contributed by atoms with van der Waals surface area (Å²) in [7, 11) is 1.61. The molecule has 8 heteroatoms. The van der Waals surface area contributed by atoms with Gasteiger partial charge in [-0.1, -0.05) is 12.1 Å². The second-order valence-corrected chi connectivity index (χ2v) is 5.83. The van der Waals surface area contributed by atoms with Gasteiger partial charge in [0.05, 0.1) is 17.7 Å². The molecule has 1 N–H and O–H groups in total. The molecule has 0 radical (unpaired) electrons. The van der Waals surface area contributed by atoms with E-state index in [1.54, 1.807) is 13.1 Å². The number of alkyl halides is 3. The van der Waals surface area contributed by atoms with Gasteiger partial charge in [0.15, 0.2) is 0 Å². The fraction of sp³-hybridized carbons (Fsp3) is 0.375. The summed E-state index contributed by atoms with van der Waals surface area (Å²) in [5.41, 5.74) is -0.0905. The van der Waals surface area contributed by atoms with Crippen molar-refractivity contribution < 1.29 is 23.1 Å². The summed E-state index contributed by atoms with van der Waals surface area (Å²) in [6, 6.07) is 5.81. The molecule has 1 saturated heterocycles. The van der Waals surface area contributed by atoms with Crippen molar-refractivity contribution in [1.82, 2.24) is 14.7 Å². The molecular weight excluding hydrogens is 323 g/mol. The molecule has 2 heterocycles. The number of carbonyl (C=O) groups is 1. The number of carbonyl (C=O) groups excluding carboxylic acids is 1. The molecule has 24 heavy (non-hydrogen) atoms. The largest absolute Gasteiger partial charge is 0.416 e. The highest BCUT2D eigenvalue weighted by atomic mass is 19.4. The summed E-state index contributed by atoms with van der Waals surface area (Å²) in [5.74, 6) is -0.367. The number of aromatic nitrogens is 2. The predicted molar refractivity (Wildman–Crippen MR) is 79.1 cm³/mol. The van der Waals surface area contributed by atoms with Crippen molar-refractivity contribution in [3.8, 4) is 0 Å². The lowest BCUT2D eigenvalue weighted by atomic mass is 10.0. The van der Waals surface area contributed by atoms with Gasteiger partial charge < -0.3 is 10.0 Å². The quantitative estimate of drug-likeness (QED) is 0.914. The molecule has 0 bridgehead atoms. The lowest BCUT2D eigenvalue weighted by Crippen LogP contribution is -2.33. The number of hydrogen-bond donors (Lipinski definition) is 1. The van der Waals surface area contributed by atoms with E-state index in [2.05, 4.69) is 5.10 Å². The van der Waals surface area contributed by atoms with Crippen LogP contribution in [0.5, 0.6) is 0 Å². The van der Waals surface area contributed by atoms with E-state index in [0.717, 1.165) is 12.1 Å². The molecule has 128 valence electrons. The van der Waals surface area contributed by atoms with Crippen LogP contribution >= 0.6 is 0 Å². The van der Waals surface area contributed by atoms with Crippen LogP contribution in [-0.4, -0.2) is 38.3 Å². The van der Waals surface area contributed by atoms with Gasteiger partial charge in [-0.3, -0.25) is 9.48 Å². The molecule has 1 aromatic heterocycles. The third-order valence-electron chi connectivity index (χ3n) is 4.18. The Morgan fingerprint density at radius 3 is 2.71 bits per heavy atom. The summed E-state index contributed by atoms with van der Waals surface area (Å²) in [4.78, 5) is 14.1. The van der Waals surface area contributed by atoms with Crippen molar-refractivity contribution in [1.29, 1.82) is 0 Å². The minimum absolute atomic E-state index is 0.0743. The number of aliphatic hydroxyl groups is 1. The second kappa shape index (κ2) is 5.94. The molecule has 2 atom stereocenters. The van der Waals surface area contributed by atoms with Crippen LogP contribution < -0.4 is 0 Å². The van der Waals surface area contributed by atoms with E-state index >= 15 is 0 Å². The van der Waals surface area contributed by atoms with Gasteiger partial charge in [0, 0.05) is 19.8 Å². The van der Waals surface area contributed by atoms with Crippen molar-refractivity contribution in [3.63, 3.8) is 0 Å². The molecule has 2 aromatic rings. The maximum Gasteiger partial charge on any atom is 0.416 e. The van der Waals surface area contributed by atoms with Crippen LogP contribution in [0.15, 0.2) is 36.5 Å². The van der Waals surface area contributed by atoms with Crippen LogP contribution in [-0.2, 0) is 13.2 Å². The molecule has 1 aliphatic heterocycles. The fourth-order valence-electron chi connectivity index (χ4n) is 3.01. The zero-order chi connectivity index (χ0) is 17.5. The van der Waals surface area contributed by atoms with Gasteiger partial charge in [-0.25, -0.2) is 0 Å². The molecule has 1 fully saturated rings. The summed E-state index contributed by atoms with van der Waals surface area (Å²) in [5, 5.41) is 13.9. The van der Waals surface area contributed by atoms with E-state index in [0.29, 0.717) is 11.3 Å². The second-order valence-electron chi connectivity index (χ2n) is 5.83. The van der Waals surface area contributed by atoms with E-state index in [1.165, 1.54) is 27.9 Å². The summed E-state index contributed by atoms with van der Waals surface area (Å²) < 4.78 is 40.2. The topological polar surface area (TPSA) is 58.4 Å². The standard InChI is InChI=1S/C16H16F3N3O2/c1-21-13(5-6-20-21)15(24)22-9-12(23)8-14(22)10-3-2-4-11(7-10)16(17,18)19/h2-7,12,14,23H,8-9H2,1H3/t12-,14+/m0/s1.